The lowest BCUT2D eigenvalue weighted by molar-refractivity contribution is 0.0471. The summed E-state index contributed by atoms with van der Waals surface area (Å²) < 4.78 is 26.0. The molecule has 1 N–H and O–H groups in total. The van der Waals surface area contributed by atoms with E-state index < -0.39 is 0 Å². The maximum atomic E-state index is 13.6. The molecule has 0 amide bonds. The summed E-state index contributed by atoms with van der Waals surface area (Å²) in [7, 11) is 0. The maximum Gasteiger partial charge on any atom is 0.338 e. The molecule has 81 heavy (non-hydrogen) atoms. The number of carbonyl (C=O) groups excluding carboxylic acids is 1. The van der Waals surface area contributed by atoms with Gasteiger partial charge in [-0.3, -0.25) is 0 Å². The standard InChI is InChI=1S/C75H130O6/c1-5-8-11-14-17-20-23-26-29-32-35-38-41-44-49-54-61-78-72-65-69(67-81-75(77)71-59-58-70(68(4)64-71)57-52-47-48-53-60-76)66-73(79-62-55-50-45-42-39-36-33-30-27-24-21-18-15-12-9-6-2)74(72)80-63-56-51-46-43-40-37-34-31-28-25-22-19-16-13-10-7-3/h58-59,64-66,76H,5-51,53-56,60-63,67H2,1-4H3. The van der Waals surface area contributed by atoms with E-state index >= 15 is 0 Å². The highest BCUT2D eigenvalue weighted by molar-refractivity contribution is 5.89. The Labute approximate surface area is 502 Å². The van der Waals surface area contributed by atoms with Gasteiger partial charge in [-0.2, -0.15) is 0 Å². The van der Waals surface area contributed by atoms with Gasteiger partial charge >= 0.3 is 5.97 Å². The van der Waals surface area contributed by atoms with E-state index in [1.807, 2.05) is 37.3 Å². The van der Waals surface area contributed by atoms with E-state index in [1.165, 1.54) is 270 Å². The van der Waals surface area contributed by atoms with Crippen LogP contribution in [0, 0.1) is 18.8 Å². The second-order valence-corrected chi connectivity index (χ2v) is 24.5. The molecule has 0 heterocycles. The molecule has 0 spiro atoms. The smallest absolute Gasteiger partial charge is 0.338 e. The quantitative estimate of drug-likeness (QED) is 0.0404. The predicted octanol–water partition coefficient (Wildman–Crippen LogP) is 23.8. The van der Waals surface area contributed by atoms with Gasteiger partial charge in [-0.25, -0.2) is 4.79 Å². The molecule has 6 nitrogen and oxygen atoms in total. The van der Waals surface area contributed by atoms with Gasteiger partial charge in [-0.05, 0) is 80.5 Å². The lowest BCUT2D eigenvalue weighted by Gasteiger charge is -2.19. The minimum Gasteiger partial charge on any atom is -0.490 e. The molecule has 0 atom stereocenters. The van der Waals surface area contributed by atoms with Crippen molar-refractivity contribution in [1.29, 1.82) is 0 Å². The van der Waals surface area contributed by atoms with Gasteiger partial charge in [0.1, 0.15) is 6.61 Å². The number of esters is 1. The fourth-order valence-corrected chi connectivity index (χ4v) is 11.2. The minimum atomic E-state index is -0.365. The van der Waals surface area contributed by atoms with Gasteiger partial charge in [0.25, 0.3) is 0 Å². The van der Waals surface area contributed by atoms with Gasteiger partial charge in [0.15, 0.2) is 11.5 Å². The Morgan fingerprint density at radius 2 is 0.716 bits per heavy atom. The molecule has 0 aromatic heterocycles. The number of hydrogen-bond acceptors (Lipinski definition) is 6. The van der Waals surface area contributed by atoms with Crippen molar-refractivity contribution in [3.63, 3.8) is 0 Å². The van der Waals surface area contributed by atoms with Gasteiger partial charge < -0.3 is 24.1 Å². The molecule has 6 heteroatoms. The van der Waals surface area contributed by atoms with Crippen molar-refractivity contribution in [3.05, 3.63) is 52.6 Å². The molecule has 0 radical (unpaired) electrons. The van der Waals surface area contributed by atoms with Crippen molar-refractivity contribution in [1.82, 2.24) is 0 Å². The van der Waals surface area contributed by atoms with Crippen LogP contribution in [0.15, 0.2) is 30.3 Å². The van der Waals surface area contributed by atoms with Gasteiger partial charge in [0, 0.05) is 18.6 Å². The minimum absolute atomic E-state index is 0.106. The summed E-state index contributed by atoms with van der Waals surface area (Å²) in [5.41, 5.74) is 3.20. The Balaban J connectivity index is 2.02. The van der Waals surface area contributed by atoms with E-state index in [0.717, 1.165) is 74.5 Å². The third kappa shape index (κ3) is 44.0. The van der Waals surface area contributed by atoms with E-state index in [2.05, 4.69) is 32.6 Å². The number of rotatable bonds is 60. The zero-order valence-corrected chi connectivity index (χ0v) is 54.0. The highest BCUT2D eigenvalue weighted by Crippen LogP contribution is 2.40. The molecule has 0 fully saturated rings. The molecule has 466 valence electrons. The molecular formula is C75H130O6. The van der Waals surface area contributed by atoms with Crippen LogP contribution in [0.4, 0.5) is 0 Å². The van der Waals surface area contributed by atoms with Crippen molar-refractivity contribution >= 4 is 5.97 Å². The molecular weight excluding hydrogens is 997 g/mol. The van der Waals surface area contributed by atoms with Crippen LogP contribution in [0.1, 0.15) is 375 Å². The fourth-order valence-electron chi connectivity index (χ4n) is 11.2. The van der Waals surface area contributed by atoms with Crippen molar-refractivity contribution < 1.29 is 28.8 Å². The van der Waals surface area contributed by atoms with E-state index in [-0.39, 0.29) is 19.2 Å². The van der Waals surface area contributed by atoms with Crippen LogP contribution in [-0.2, 0) is 11.3 Å². The van der Waals surface area contributed by atoms with Crippen LogP contribution in [0.25, 0.3) is 0 Å². The number of aryl methyl sites for hydroxylation is 1. The van der Waals surface area contributed by atoms with Gasteiger partial charge in [0.2, 0.25) is 5.75 Å². The fraction of sp³-hybridized carbons (Fsp3) is 0.800. The van der Waals surface area contributed by atoms with E-state index in [1.54, 1.807) is 0 Å². The van der Waals surface area contributed by atoms with Crippen molar-refractivity contribution in [2.45, 2.75) is 362 Å². The summed E-state index contributed by atoms with van der Waals surface area (Å²) in [5.74, 6) is 8.16. The lowest BCUT2D eigenvalue weighted by atomic mass is 10.0. The normalized spacial score (nSPS) is 11.3. The summed E-state index contributed by atoms with van der Waals surface area (Å²) in [6.07, 6.45) is 66.6. The summed E-state index contributed by atoms with van der Waals surface area (Å²) >= 11 is 0. The van der Waals surface area contributed by atoms with E-state index in [0.29, 0.717) is 42.6 Å². The summed E-state index contributed by atoms with van der Waals surface area (Å²) in [6.45, 7) is 11.0. The molecule has 0 saturated heterocycles. The first-order valence-corrected chi connectivity index (χ1v) is 35.5. The Morgan fingerprint density at radius 1 is 0.395 bits per heavy atom. The molecule has 0 unspecified atom stereocenters. The largest absolute Gasteiger partial charge is 0.490 e. The van der Waals surface area contributed by atoms with Gasteiger partial charge in [-0.1, -0.05) is 322 Å². The Bertz CT molecular complexity index is 1700. The van der Waals surface area contributed by atoms with Crippen LogP contribution < -0.4 is 14.2 Å². The molecule has 0 aliphatic heterocycles. The highest BCUT2D eigenvalue weighted by Gasteiger charge is 2.18. The van der Waals surface area contributed by atoms with Crippen molar-refractivity contribution in [2.24, 2.45) is 0 Å². The topological polar surface area (TPSA) is 74.2 Å². The Morgan fingerprint density at radius 3 is 1.04 bits per heavy atom. The first-order valence-electron chi connectivity index (χ1n) is 35.5. The summed E-state index contributed by atoms with van der Waals surface area (Å²) in [4.78, 5) is 13.6. The average molecular weight is 1130 g/mol. The highest BCUT2D eigenvalue weighted by atomic mass is 16.5. The van der Waals surface area contributed by atoms with E-state index in [4.69, 9.17) is 24.1 Å². The van der Waals surface area contributed by atoms with Crippen molar-refractivity contribution in [3.8, 4) is 29.1 Å². The summed E-state index contributed by atoms with van der Waals surface area (Å²) in [5, 5.41) is 9.11. The molecule has 0 aliphatic rings. The van der Waals surface area contributed by atoms with Gasteiger partial charge in [-0.15, -0.1) is 0 Å². The molecule has 2 aromatic rings. The van der Waals surface area contributed by atoms with Crippen LogP contribution in [0.3, 0.4) is 0 Å². The van der Waals surface area contributed by atoms with Gasteiger partial charge in [0.05, 0.1) is 25.4 Å². The second-order valence-electron chi connectivity index (χ2n) is 24.5. The molecule has 0 bridgehead atoms. The maximum absolute atomic E-state index is 13.6. The predicted molar refractivity (Wildman–Crippen MR) is 350 cm³/mol. The van der Waals surface area contributed by atoms with Crippen LogP contribution in [-0.4, -0.2) is 37.5 Å². The lowest BCUT2D eigenvalue weighted by Crippen LogP contribution is -2.09. The molecule has 2 rings (SSSR count). The molecule has 2 aromatic carbocycles. The Hall–Kier alpha value is -3.17. The van der Waals surface area contributed by atoms with E-state index in [9.17, 15) is 4.79 Å². The average Bonchev–Trinajstić information content (AvgIpc) is 3.60. The first kappa shape index (κ1) is 73.9. The van der Waals surface area contributed by atoms with Crippen LogP contribution in [0.5, 0.6) is 17.2 Å². The zero-order valence-electron chi connectivity index (χ0n) is 54.0. The zero-order chi connectivity index (χ0) is 58.0. The second kappa shape index (κ2) is 57.3. The van der Waals surface area contributed by atoms with Crippen molar-refractivity contribution in [2.75, 3.05) is 26.4 Å². The number of ether oxygens (including phenoxy) is 4. The SMILES string of the molecule is CCCCCCCCCCCCCCCCCCOc1cc(COC(=O)c2ccc(C#CCCCCO)c(C)c2)cc(OCCCCCCCCCCCCCCCCCC)c1OCCCCCCCCCCCCCCCCCC. The first-order chi connectivity index (χ1) is 40.0. The van der Waals surface area contributed by atoms with Crippen LogP contribution in [0.2, 0.25) is 0 Å². The monoisotopic (exact) mass is 1130 g/mol. The third-order valence-electron chi connectivity index (χ3n) is 16.6. The molecule has 0 aliphatic carbocycles. The number of hydrogen-bond donors (Lipinski definition) is 1. The number of benzene rings is 2. The summed E-state index contributed by atoms with van der Waals surface area (Å²) in [6, 6.07) is 9.62. The Kier molecular flexibility index (Phi) is 52.3. The number of unbranched alkanes of at least 4 members (excludes halogenated alkanes) is 47. The van der Waals surface area contributed by atoms with Crippen LogP contribution >= 0.6 is 0 Å². The number of aliphatic hydroxyl groups is 1. The number of carbonyl (C=O) groups is 1. The molecule has 0 saturated carbocycles. The number of aliphatic hydroxyl groups excluding tert-OH is 1. The third-order valence-corrected chi connectivity index (χ3v) is 16.6.